The minimum absolute atomic E-state index is 0. The second-order valence-corrected chi connectivity index (χ2v) is 4.27. The highest BCUT2D eigenvalue weighted by Gasteiger charge is 2.10. The van der Waals surface area contributed by atoms with Crippen LogP contribution in [-0.2, 0) is 4.79 Å². The van der Waals surface area contributed by atoms with Crippen LogP contribution in [0.1, 0.15) is 6.92 Å². The summed E-state index contributed by atoms with van der Waals surface area (Å²) >= 11 is 0. The molecule has 0 aliphatic carbocycles. The molecule has 0 aliphatic heterocycles. The van der Waals surface area contributed by atoms with Gasteiger partial charge in [0, 0.05) is 12.5 Å². The van der Waals surface area contributed by atoms with E-state index in [1.54, 1.807) is 7.11 Å². The van der Waals surface area contributed by atoms with Gasteiger partial charge in [0.1, 0.15) is 18.1 Å². The van der Waals surface area contributed by atoms with Crippen molar-refractivity contribution in [2.75, 3.05) is 33.9 Å². The van der Waals surface area contributed by atoms with Crippen LogP contribution in [0, 0.1) is 5.92 Å². The molecule has 1 rings (SSSR count). The number of carbonyl (C=O) groups excluding carboxylic acids is 1. The monoisotopic (exact) mass is 302 g/mol. The highest BCUT2D eigenvalue weighted by Crippen LogP contribution is 2.16. The summed E-state index contributed by atoms with van der Waals surface area (Å²) in [7, 11) is 3.45. The Bertz CT molecular complexity index is 385. The van der Waals surface area contributed by atoms with E-state index in [-0.39, 0.29) is 24.2 Å². The lowest BCUT2D eigenvalue weighted by atomic mass is 10.1. The number of hydrogen-bond donors (Lipinski definition) is 2. The molecule has 0 bridgehead atoms. The smallest absolute Gasteiger partial charge is 0.224 e. The predicted octanol–water partition coefficient (Wildman–Crippen LogP) is 1.47. The van der Waals surface area contributed by atoms with E-state index >= 15 is 0 Å². The van der Waals surface area contributed by atoms with Gasteiger partial charge in [0.2, 0.25) is 5.91 Å². The Balaban J connectivity index is 0.00000361. The maximum absolute atomic E-state index is 11.6. The molecule has 6 heteroatoms. The zero-order chi connectivity index (χ0) is 14.1. The van der Waals surface area contributed by atoms with Crippen molar-refractivity contribution >= 4 is 18.3 Å². The standard InChI is InChI=1S/C14H22N2O3.ClH/c1-11(10-15-2)14(17)16-8-9-19-13-6-4-12(18-3)5-7-13;/h4-7,11,15H,8-10H2,1-3H3,(H,16,17);1H. The Morgan fingerprint density at radius 1 is 1.25 bits per heavy atom. The summed E-state index contributed by atoms with van der Waals surface area (Å²) in [6.07, 6.45) is 0. The molecule has 0 aliphatic rings. The Hall–Kier alpha value is -1.46. The molecule has 114 valence electrons. The Labute approximate surface area is 126 Å². The van der Waals surface area contributed by atoms with E-state index in [2.05, 4.69) is 10.6 Å². The quantitative estimate of drug-likeness (QED) is 0.714. The first kappa shape index (κ1) is 18.5. The number of rotatable bonds is 8. The Morgan fingerprint density at radius 2 is 1.85 bits per heavy atom. The lowest BCUT2D eigenvalue weighted by Crippen LogP contribution is -2.36. The highest BCUT2D eigenvalue weighted by molar-refractivity contribution is 5.85. The zero-order valence-corrected chi connectivity index (χ0v) is 13.0. The lowest BCUT2D eigenvalue weighted by Gasteiger charge is -2.12. The fourth-order valence-electron chi connectivity index (χ4n) is 1.59. The third-order valence-electron chi connectivity index (χ3n) is 2.69. The minimum Gasteiger partial charge on any atom is -0.497 e. The van der Waals surface area contributed by atoms with Crippen molar-refractivity contribution in [3.05, 3.63) is 24.3 Å². The number of hydrogen-bond acceptors (Lipinski definition) is 4. The first-order valence-corrected chi connectivity index (χ1v) is 6.36. The van der Waals surface area contributed by atoms with Crippen LogP contribution in [0.4, 0.5) is 0 Å². The van der Waals surface area contributed by atoms with Crippen LogP contribution in [-0.4, -0.2) is 39.8 Å². The molecule has 0 fully saturated rings. The molecule has 0 aromatic heterocycles. The van der Waals surface area contributed by atoms with Gasteiger partial charge in [-0.1, -0.05) is 6.92 Å². The lowest BCUT2D eigenvalue weighted by molar-refractivity contribution is -0.124. The molecule has 0 heterocycles. The largest absolute Gasteiger partial charge is 0.497 e. The molecule has 1 aromatic carbocycles. The van der Waals surface area contributed by atoms with Gasteiger partial charge in [0.05, 0.1) is 13.7 Å². The molecule has 2 N–H and O–H groups in total. The van der Waals surface area contributed by atoms with Crippen LogP contribution in [0.25, 0.3) is 0 Å². The van der Waals surface area contributed by atoms with Crippen LogP contribution in [0.3, 0.4) is 0 Å². The average molecular weight is 303 g/mol. The predicted molar refractivity (Wildman–Crippen MR) is 81.8 cm³/mol. The van der Waals surface area contributed by atoms with Gasteiger partial charge in [0.15, 0.2) is 0 Å². The first-order chi connectivity index (χ1) is 9.17. The third-order valence-corrected chi connectivity index (χ3v) is 2.69. The van der Waals surface area contributed by atoms with Crippen LogP contribution >= 0.6 is 12.4 Å². The van der Waals surface area contributed by atoms with Crippen LogP contribution in [0.15, 0.2) is 24.3 Å². The molecule has 5 nitrogen and oxygen atoms in total. The van der Waals surface area contributed by atoms with E-state index in [0.29, 0.717) is 19.7 Å². The molecule has 0 saturated heterocycles. The molecule has 0 saturated carbocycles. The molecular formula is C14H23ClN2O3. The van der Waals surface area contributed by atoms with Crippen molar-refractivity contribution in [1.29, 1.82) is 0 Å². The SMILES string of the molecule is CNCC(C)C(=O)NCCOc1ccc(OC)cc1.Cl. The summed E-state index contributed by atoms with van der Waals surface area (Å²) in [5.41, 5.74) is 0. The second-order valence-electron chi connectivity index (χ2n) is 4.27. The van der Waals surface area contributed by atoms with Crippen molar-refractivity contribution in [1.82, 2.24) is 10.6 Å². The summed E-state index contributed by atoms with van der Waals surface area (Å²) in [5.74, 6) is 1.55. The topological polar surface area (TPSA) is 59.6 Å². The van der Waals surface area contributed by atoms with Gasteiger partial charge in [-0.15, -0.1) is 12.4 Å². The summed E-state index contributed by atoms with van der Waals surface area (Å²) in [6.45, 7) is 3.50. The number of halogens is 1. The maximum atomic E-state index is 11.6. The first-order valence-electron chi connectivity index (χ1n) is 6.36. The van der Waals surface area contributed by atoms with E-state index in [1.165, 1.54) is 0 Å². The molecule has 0 radical (unpaired) electrons. The highest BCUT2D eigenvalue weighted by atomic mass is 35.5. The third kappa shape index (κ3) is 6.63. The van der Waals surface area contributed by atoms with Gasteiger partial charge < -0.3 is 20.1 Å². The minimum atomic E-state index is -0.0361. The number of amides is 1. The van der Waals surface area contributed by atoms with Crippen molar-refractivity contribution in [3.63, 3.8) is 0 Å². The number of ether oxygens (including phenoxy) is 2. The molecule has 1 unspecified atom stereocenters. The molecule has 0 spiro atoms. The van der Waals surface area contributed by atoms with Gasteiger partial charge in [-0.25, -0.2) is 0 Å². The molecular weight excluding hydrogens is 280 g/mol. The van der Waals surface area contributed by atoms with Crippen molar-refractivity contribution in [3.8, 4) is 11.5 Å². The number of benzene rings is 1. The van der Waals surface area contributed by atoms with Crippen LogP contribution < -0.4 is 20.1 Å². The number of methoxy groups -OCH3 is 1. The van der Waals surface area contributed by atoms with Crippen molar-refractivity contribution in [2.24, 2.45) is 5.92 Å². The number of carbonyl (C=O) groups is 1. The normalized spacial score (nSPS) is 11.2. The van der Waals surface area contributed by atoms with Crippen molar-refractivity contribution in [2.45, 2.75) is 6.92 Å². The van der Waals surface area contributed by atoms with Gasteiger partial charge >= 0.3 is 0 Å². The average Bonchev–Trinajstić information content (AvgIpc) is 2.44. The van der Waals surface area contributed by atoms with Gasteiger partial charge in [-0.05, 0) is 31.3 Å². The fourth-order valence-corrected chi connectivity index (χ4v) is 1.59. The Morgan fingerprint density at radius 3 is 2.40 bits per heavy atom. The molecule has 1 atom stereocenters. The summed E-state index contributed by atoms with van der Waals surface area (Å²) in [4.78, 5) is 11.6. The van der Waals surface area contributed by atoms with E-state index < -0.39 is 0 Å². The van der Waals surface area contributed by atoms with Crippen LogP contribution in [0.2, 0.25) is 0 Å². The summed E-state index contributed by atoms with van der Waals surface area (Å²) in [5, 5.41) is 5.80. The molecule has 1 aromatic rings. The number of nitrogens with one attached hydrogen (secondary N) is 2. The second kappa shape index (κ2) is 10.3. The van der Waals surface area contributed by atoms with E-state index in [1.807, 2.05) is 38.2 Å². The zero-order valence-electron chi connectivity index (χ0n) is 12.1. The molecule has 1 amide bonds. The van der Waals surface area contributed by atoms with E-state index in [9.17, 15) is 4.79 Å². The summed E-state index contributed by atoms with van der Waals surface area (Å²) in [6, 6.07) is 7.35. The fraction of sp³-hybridized carbons (Fsp3) is 0.500. The van der Waals surface area contributed by atoms with E-state index in [4.69, 9.17) is 9.47 Å². The Kier molecular flexibility index (Phi) is 9.59. The van der Waals surface area contributed by atoms with Crippen LogP contribution in [0.5, 0.6) is 11.5 Å². The van der Waals surface area contributed by atoms with Gasteiger partial charge in [0.25, 0.3) is 0 Å². The van der Waals surface area contributed by atoms with Gasteiger partial charge in [-0.2, -0.15) is 0 Å². The van der Waals surface area contributed by atoms with Gasteiger partial charge in [-0.3, -0.25) is 4.79 Å². The summed E-state index contributed by atoms with van der Waals surface area (Å²) < 4.78 is 10.6. The maximum Gasteiger partial charge on any atom is 0.224 e. The molecule has 20 heavy (non-hydrogen) atoms. The van der Waals surface area contributed by atoms with Crippen molar-refractivity contribution < 1.29 is 14.3 Å². The van der Waals surface area contributed by atoms with E-state index in [0.717, 1.165) is 11.5 Å².